The lowest BCUT2D eigenvalue weighted by molar-refractivity contribution is -0.144. The number of nitrogen functional groups attached to an aromatic ring is 1. The third-order valence-corrected chi connectivity index (χ3v) is 4.56. The normalized spacial score (nSPS) is 11.5. The number of thioether (sulfide) groups is 1. The van der Waals surface area contributed by atoms with Gasteiger partial charge in [0, 0.05) is 0 Å². The van der Waals surface area contributed by atoms with Gasteiger partial charge in [-0.25, -0.2) is 9.37 Å². The van der Waals surface area contributed by atoms with Crippen LogP contribution in [-0.2, 0) is 14.3 Å². The highest BCUT2D eigenvalue weighted by molar-refractivity contribution is 8.01. The van der Waals surface area contributed by atoms with Crippen LogP contribution < -0.4 is 16.6 Å². The molecule has 0 radical (unpaired) electrons. The molecule has 1 heterocycles. The Balaban J connectivity index is 2.26. The maximum Gasteiger partial charge on any atom is 0.327 e. The summed E-state index contributed by atoms with van der Waals surface area (Å²) < 4.78 is 18.5. The molecule has 11 heteroatoms. The molecular weight excluding hydrogens is 391 g/mol. The molecule has 1 aromatic heterocycles. The molecule has 9 nitrogen and oxygen atoms in total. The number of ketones is 1. The Morgan fingerprint density at radius 3 is 2.61 bits per heavy atom. The fourth-order valence-corrected chi connectivity index (χ4v) is 2.95. The number of H-pyrrole nitrogens is 1. The fourth-order valence-electron chi connectivity index (χ4n) is 2.10. The zero-order valence-electron chi connectivity index (χ0n) is 14.9. The quantitative estimate of drug-likeness (QED) is 0.270. The van der Waals surface area contributed by atoms with Crippen molar-refractivity contribution in [1.29, 1.82) is 0 Å². The zero-order valence-corrected chi connectivity index (χ0v) is 15.8. The molecule has 2 rings (SSSR count). The molecule has 1 amide bonds. The van der Waals surface area contributed by atoms with Crippen LogP contribution in [0.1, 0.15) is 24.2 Å². The third-order valence-electron chi connectivity index (χ3n) is 3.38. The number of rotatable bonds is 7. The van der Waals surface area contributed by atoms with Crippen LogP contribution in [0.2, 0.25) is 0 Å². The molecule has 1 atom stereocenters. The first-order chi connectivity index (χ1) is 13.2. The predicted molar refractivity (Wildman–Crippen MR) is 101 cm³/mol. The second-order valence-corrected chi connectivity index (χ2v) is 6.52. The van der Waals surface area contributed by atoms with E-state index < -0.39 is 34.3 Å². The number of benzene rings is 1. The van der Waals surface area contributed by atoms with Crippen molar-refractivity contribution in [3.8, 4) is 0 Å². The van der Waals surface area contributed by atoms with E-state index >= 15 is 0 Å². The molecule has 0 unspecified atom stereocenters. The summed E-state index contributed by atoms with van der Waals surface area (Å²) in [5.41, 5.74) is 4.23. The first kappa shape index (κ1) is 21.1. The Hall–Kier alpha value is -3.21. The number of nitrogens with zero attached hydrogens (tertiary/aromatic N) is 1. The maximum atomic E-state index is 13.7. The van der Waals surface area contributed by atoms with Crippen molar-refractivity contribution >= 4 is 40.9 Å². The number of carbonyl (C=O) groups is 3. The Bertz CT molecular complexity index is 978. The number of hydrogen-bond donors (Lipinski definition) is 3. The van der Waals surface area contributed by atoms with Gasteiger partial charge in [-0.3, -0.25) is 24.2 Å². The van der Waals surface area contributed by atoms with Crippen molar-refractivity contribution in [2.24, 2.45) is 0 Å². The molecule has 0 saturated heterocycles. The minimum absolute atomic E-state index is 0.0796. The summed E-state index contributed by atoms with van der Waals surface area (Å²) in [6.07, 6.45) is 0. The SMILES string of the molecule is CCOC(=O)[C@H](Sc1nc(N)c(NC(=O)c2ccccc2F)c(=O)[nH]1)C(C)=O. The molecule has 0 aliphatic rings. The van der Waals surface area contributed by atoms with Crippen molar-refractivity contribution in [1.82, 2.24) is 9.97 Å². The van der Waals surface area contributed by atoms with Crippen molar-refractivity contribution in [2.75, 3.05) is 17.7 Å². The second kappa shape index (κ2) is 9.13. The van der Waals surface area contributed by atoms with Crippen LogP contribution in [0.4, 0.5) is 15.9 Å². The van der Waals surface area contributed by atoms with E-state index in [1.165, 1.54) is 25.1 Å². The minimum atomic E-state index is -1.23. The molecule has 148 valence electrons. The summed E-state index contributed by atoms with van der Waals surface area (Å²) in [5, 5.41) is 0.858. The lowest BCUT2D eigenvalue weighted by Gasteiger charge is -2.13. The first-order valence-corrected chi connectivity index (χ1v) is 8.92. The number of aromatic nitrogens is 2. The number of amides is 1. The van der Waals surface area contributed by atoms with E-state index in [1.54, 1.807) is 6.92 Å². The Morgan fingerprint density at radius 1 is 1.36 bits per heavy atom. The predicted octanol–water partition coefficient (Wildman–Crippen LogP) is 1.36. The van der Waals surface area contributed by atoms with Gasteiger partial charge in [0.25, 0.3) is 11.5 Å². The van der Waals surface area contributed by atoms with Gasteiger partial charge in [0.15, 0.2) is 22.0 Å². The Morgan fingerprint density at radius 2 is 2.04 bits per heavy atom. The highest BCUT2D eigenvalue weighted by Crippen LogP contribution is 2.23. The molecule has 0 aliphatic heterocycles. The van der Waals surface area contributed by atoms with Gasteiger partial charge in [-0.2, -0.15) is 0 Å². The topological polar surface area (TPSA) is 144 Å². The maximum absolute atomic E-state index is 13.7. The molecule has 2 aromatic rings. The molecule has 0 spiro atoms. The minimum Gasteiger partial charge on any atom is -0.465 e. The van der Waals surface area contributed by atoms with Gasteiger partial charge in [-0.05, 0) is 26.0 Å². The lowest BCUT2D eigenvalue weighted by Crippen LogP contribution is -2.28. The summed E-state index contributed by atoms with van der Waals surface area (Å²) in [4.78, 5) is 54.1. The number of nitrogens with two attached hydrogens (primary N) is 1. The van der Waals surface area contributed by atoms with Crippen molar-refractivity contribution in [3.63, 3.8) is 0 Å². The number of Topliss-reactive ketones (excluding diaryl/α,β-unsaturated/α-hetero) is 1. The smallest absolute Gasteiger partial charge is 0.327 e. The Labute approximate surface area is 162 Å². The number of anilines is 2. The van der Waals surface area contributed by atoms with Gasteiger partial charge in [0.05, 0.1) is 12.2 Å². The lowest BCUT2D eigenvalue weighted by atomic mass is 10.2. The number of esters is 1. The number of ether oxygens (including phenoxy) is 1. The number of hydrogen-bond acceptors (Lipinski definition) is 8. The van der Waals surface area contributed by atoms with Crippen LogP contribution in [0.25, 0.3) is 0 Å². The number of aromatic amines is 1. The van der Waals surface area contributed by atoms with Crippen LogP contribution in [0.3, 0.4) is 0 Å². The molecule has 0 aliphatic carbocycles. The second-order valence-electron chi connectivity index (χ2n) is 5.43. The summed E-state index contributed by atoms with van der Waals surface area (Å²) in [6, 6.07) is 5.21. The van der Waals surface area contributed by atoms with E-state index in [0.717, 1.165) is 6.07 Å². The van der Waals surface area contributed by atoms with E-state index in [1.807, 2.05) is 0 Å². The largest absolute Gasteiger partial charge is 0.465 e. The van der Waals surface area contributed by atoms with Gasteiger partial charge in [0.2, 0.25) is 0 Å². The third kappa shape index (κ3) is 4.94. The highest BCUT2D eigenvalue weighted by Gasteiger charge is 2.28. The van der Waals surface area contributed by atoms with Crippen LogP contribution in [0, 0.1) is 5.82 Å². The van der Waals surface area contributed by atoms with Crippen LogP contribution in [-0.4, -0.2) is 39.5 Å². The van der Waals surface area contributed by atoms with Gasteiger partial charge in [0.1, 0.15) is 11.5 Å². The standard InChI is InChI=1S/C17H17FN4O5S/c1-3-27-16(26)12(8(2)23)28-17-21-13(19)11(15(25)22-17)20-14(24)9-6-4-5-7-10(9)18/h4-7,12H,3H2,1-2H3,(H,20,24)(H3,19,21,22,25)/t12-/m1/s1. The number of carbonyl (C=O) groups excluding carboxylic acids is 3. The van der Waals surface area contributed by atoms with Crippen molar-refractivity contribution in [2.45, 2.75) is 24.3 Å². The van der Waals surface area contributed by atoms with Gasteiger partial charge >= 0.3 is 5.97 Å². The van der Waals surface area contributed by atoms with Gasteiger partial charge < -0.3 is 15.8 Å². The summed E-state index contributed by atoms with van der Waals surface area (Å²) in [7, 11) is 0. The Kier molecular flexibility index (Phi) is 6.88. The first-order valence-electron chi connectivity index (χ1n) is 8.04. The van der Waals surface area contributed by atoms with E-state index in [9.17, 15) is 23.6 Å². The monoisotopic (exact) mass is 408 g/mol. The molecule has 0 saturated carbocycles. The van der Waals surface area contributed by atoms with Crippen molar-refractivity contribution < 1.29 is 23.5 Å². The van der Waals surface area contributed by atoms with Crippen molar-refractivity contribution in [3.05, 3.63) is 46.0 Å². The molecular formula is C17H17FN4O5S. The molecule has 0 fully saturated rings. The summed E-state index contributed by atoms with van der Waals surface area (Å²) in [6.45, 7) is 2.86. The van der Waals surface area contributed by atoms with Crippen LogP contribution in [0.5, 0.6) is 0 Å². The zero-order chi connectivity index (χ0) is 20.8. The molecule has 1 aromatic carbocycles. The number of nitrogens with one attached hydrogen (secondary N) is 2. The summed E-state index contributed by atoms with van der Waals surface area (Å²) in [5.74, 6) is -3.29. The average molecular weight is 408 g/mol. The fraction of sp³-hybridized carbons (Fsp3) is 0.235. The summed E-state index contributed by atoms with van der Waals surface area (Å²) >= 11 is 0.656. The molecule has 28 heavy (non-hydrogen) atoms. The van der Waals surface area contributed by atoms with E-state index in [2.05, 4.69) is 15.3 Å². The molecule has 0 bridgehead atoms. The van der Waals surface area contributed by atoms with Gasteiger partial charge in [-0.1, -0.05) is 23.9 Å². The highest BCUT2D eigenvalue weighted by atomic mass is 32.2. The van der Waals surface area contributed by atoms with E-state index in [-0.39, 0.29) is 28.8 Å². The van der Waals surface area contributed by atoms with Gasteiger partial charge in [-0.15, -0.1) is 0 Å². The molecule has 4 N–H and O–H groups in total. The number of halogens is 1. The van der Waals surface area contributed by atoms with Crippen LogP contribution in [0.15, 0.2) is 34.2 Å². The van der Waals surface area contributed by atoms with E-state index in [0.29, 0.717) is 11.8 Å². The van der Waals surface area contributed by atoms with Crippen LogP contribution >= 0.6 is 11.8 Å². The average Bonchev–Trinajstić information content (AvgIpc) is 2.62. The van der Waals surface area contributed by atoms with E-state index in [4.69, 9.17) is 10.5 Å².